The molecule has 0 heterocycles. The Hall–Kier alpha value is -2.27. The molecule has 1 aliphatic rings. The summed E-state index contributed by atoms with van der Waals surface area (Å²) in [6.07, 6.45) is 4.02. The first kappa shape index (κ1) is 17.5. The second-order valence-electron chi connectivity index (χ2n) is 6.28. The highest BCUT2D eigenvalue weighted by atomic mass is 32.2. The lowest BCUT2D eigenvalue weighted by Crippen LogP contribution is -2.22. The summed E-state index contributed by atoms with van der Waals surface area (Å²) < 4.78 is 0. The number of carbonyl (C=O) groups excluding carboxylic acids is 2. The largest absolute Gasteiger partial charge is 0.348 e. The Bertz CT molecular complexity index is 755. The third-order valence-electron chi connectivity index (χ3n) is 4.12. The van der Waals surface area contributed by atoms with Gasteiger partial charge in [-0.25, -0.2) is 0 Å². The van der Waals surface area contributed by atoms with Crippen molar-refractivity contribution >= 4 is 29.3 Å². The van der Waals surface area contributed by atoms with Crippen LogP contribution in [-0.2, 0) is 17.1 Å². The van der Waals surface area contributed by atoms with Gasteiger partial charge in [-0.3, -0.25) is 9.59 Å². The zero-order valence-electron chi connectivity index (χ0n) is 14.2. The molecule has 0 aromatic heterocycles. The molecule has 2 aromatic carbocycles. The predicted octanol–water partition coefficient (Wildman–Crippen LogP) is 3.83. The molecular weight excluding hydrogens is 332 g/mol. The summed E-state index contributed by atoms with van der Waals surface area (Å²) in [6.45, 7) is 0.429. The number of rotatable bonds is 7. The van der Waals surface area contributed by atoms with Gasteiger partial charge in [0.25, 0.3) is 5.91 Å². The SMILES string of the molecule is CSCc1ccc(C(=O)NCc2cccc(NC(=O)C3CC3)c2)cc1. The van der Waals surface area contributed by atoms with Crippen LogP contribution in [0, 0.1) is 5.92 Å². The van der Waals surface area contributed by atoms with Crippen LogP contribution in [0.25, 0.3) is 0 Å². The zero-order valence-corrected chi connectivity index (χ0v) is 15.1. The molecule has 0 aliphatic heterocycles. The molecule has 2 amide bonds. The van der Waals surface area contributed by atoms with Crippen LogP contribution in [0.5, 0.6) is 0 Å². The predicted molar refractivity (Wildman–Crippen MR) is 103 cm³/mol. The lowest BCUT2D eigenvalue weighted by molar-refractivity contribution is -0.117. The van der Waals surface area contributed by atoms with Gasteiger partial charge in [0.05, 0.1) is 0 Å². The van der Waals surface area contributed by atoms with Gasteiger partial charge >= 0.3 is 0 Å². The monoisotopic (exact) mass is 354 g/mol. The van der Waals surface area contributed by atoms with Crippen LogP contribution in [0.4, 0.5) is 5.69 Å². The Kier molecular flexibility index (Phi) is 5.76. The van der Waals surface area contributed by atoms with Gasteiger partial charge < -0.3 is 10.6 Å². The van der Waals surface area contributed by atoms with E-state index in [1.165, 1.54) is 5.56 Å². The van der Waals surface area contributed by atoms with Crippen LogP contribution < -0.4 is 10.6 Å². The average Bonchev–Trinajstić information content (AvgIpc) is 3.46. The number of hydrogen-bond donors (Lipinski definition) is 2. The summed E-state index contributed by atoms with van der Waals surface area (Å²) in [7, 11) is 0. The summed E-state index contributed by atoms with van der Waals surface area (Å²) in [5.41, 5.74) is 3.61. The Balaban J connectivity index is 1.55. The van der Waals surface area contributed by atoms with Gasteiger partial charge in [-0.2, -0.15) is 11.8 Å². The summed E-state index contributed by atoms with van der Waals surface area (Å²) in [5.74, 6) is 1.12. The highest BCUT2D eigenvalue weighted by Gasteiger charge is 2.29. The fourth-order valence-electron chi connectivity index (χ4n) is 2.55. The fraction of sp³-hybridized carbons (Fsp3) is 0.300. The minimum atomic E-state index is -0.0943. The molecule has 1 saturated carbocycles. The van der Waals surface area contributed by atoms with Gasteiger partial charge in [-0.1, -0.05) is 24.3 Å². The molecule has 2 N–H and O–H groups in total. The number of benzene rings is 2. The first-order valence-corrected chi connectivity index (χ1v) is 9.81. The van der Waals surface area contributed by atoms with Crippen molar-refractivity contribution < 1.29 is 9.59 Å². The Morgan fingerprint density at radius 3 is 2.52 bits per heavy atom. The molecule has 0 atom stereocenters. The van der Waals surface area contributed by atoms with Crippen molar-refractivity contribution in [3.05, 3.63) is 65.2 Å². The highest BCUT2D eigenvalue weighted by molar-refractivity contribution is 7.97. The minimum Gasteiger partial charge on any atom is -0.348 e. The maximum atomic E-state index is 12.3. The van der Waals surface area contributed by atoms with Crippen LogP contribution in [0.2, 0.25) is 0 Å². The maximum Gasteiger partial charge on any atom is 0.251 e. The van der Waals surface area contributed by atoms with Crippen LogP contribution in [0.15, 0.2) is 48.5 Å². The van der Waals surface area contributed by atoms with E-state index >= 15 is 0 Å². The van der Waals surface area contributed by atoms with Gasteiger partial charge in [0, 0.05) is 29.5 Å². The molecule has 2 aromatic rings. The molecule has 4 nitrogen and oxygen atoms in total. The highest BCUT2D eigenvalue weighted by Crippen LogP contribution is 2.30. The molecule has 0 unspecified atom stereocenters. The molecule has 0 saturated heterocycles. The second kappa shape index (κ2) is 8.21. The van der Waals surface area contributed by atoms with Gasteiger partial charge in [0.15, 0.2) is 0 Å². The van der Waals surface area contributed by atoms with E-state index in [1.807, 2.05) is 48.5 Å². The van der Waals surface area contributed by atoms with E-state index in [0.29, 0.717) is 12.1 Å². The van der Waals surface area contributed by atoms with Crippen LogP contribution in [-0.4, -0.2) is 18.1 Å². The molecule has 130 valence electrons. The average molecular weight is 354 g/mol. The van der Waals surface area contributed by atoms with Crippen LogP contribution in [0.1, 0.15) is 34.3 Å². The van der Waals surface area contributed by atoms with Crippen molar-refractivity contribution in [1.29, 1.82) is 0 Å². The van der Waals surface area contributed by atoms with E-state index in [2.05, 4.69) is 16.9 Å². The number of amides is 2. The number of thioether (sulfide) groups is 1. The van der Waals surface area contributed by atoms with E-state index in [0.717, 1.165) is 29.8 Å². The molecule has 0 radical (unpaired) electrons. The first-order valence-electron chi connectivity index (χ1n) is 8.41. The van der Waals surface area contributed by atoms with Crippen molar-refractivity contribution in [2.45, 2.75) is 25.1 Å². The summed E-state index contributed by atoms with van der Waals surface area (Å²) in [4.78, 5) is 24.1. The van der Waals surface area contributed by atoms with Crippen molar-refractivity contribution in [3.8, 4) is 0 Å². The molecule has 3 rings (SSSR count). The molecule has 1 fully saturated rings. The van der Waals surface area contributed by atoms with Crippen molar-refractivity contribution in [2.24, 2.45) is 5.92 Å². The van der Waals surface area contributed by atoms with Crippen molar-refractivity contribution in [3.63, 3.8) is 0 Å². The Morgan fingerprint density at radius 2 is 1.84 bits per heavy atom. The molecule has 5 heteroatoms. The molecule has 25 heavy (non-hydrogen) atoms. The molecular formula is C20H22N2O2S. The van der Waals surface area contributed by atoms with E-state index in [1.54, 1.807) is 11.8 Å². The quantitative estimate of drug-likeness (QED) is 0.794. The lowest BCUT2D eigenvalue weighted by Gasteiger charge is -2.09. The topological polar surface area (TPSA) is 58.2 Å². The molecule has 1 aliphatic carbocycles. The summed E-state index contributed by atoms with van der Waals surface area (Å²) >= 11 is 1.76. The van der Waals surface area contributed by atoms with Gasteiger partial charge in [0.1, 0.15) is 0 Å². The Labute approximate surface area is 152 Å². The summed E-state index contributed by atoms with van der Waals surface area (Å²) in [6, 6.07) is 15.3. The smallest absolute Gasteiger partial charge is 0.251 e. The molecule has 0 spiro atoms. The standard InChI is InChI=1S/C20H22N2O2S/c1-25-13-14-5-7-16(8-6-14)19(23)21-12-15-3-2-4-18(11-15)22-20(24)17-9-10-17/h2-8,11,17H,9-10,12-13H2,1H3,(H,21,23)(H,22,24). The van der Waals surface area contributed by atoms with E-state index in [-0.39, 0.29) is 17.7 Å². The first-order chi connectivity index (χ1) is 12.2. The number of hydrogen-bond acceptors (Lipinski definition) is 3. The summed E-state index contributed by atoms with van der Waals surface area (Å²) in [5, 5.41) is 5.85. The van der Waals surface area contributed by atoms with E-state index in [4.69, 9.17) is 0 Å². The minimum absolute atomic E-state index is 0.0894. The van der Waals surface area contributed by atoms with Gasteiger partial charge in [-0.15, -0.1) is 0 Å². The number of nitrogens with one attached hydrogen (secondary N) is 2. The normalized spacial score (nSPS) is 13.3. The second-order valence-corrected chi connectivity index (χ2v) is 7.14. The third kappa shape index (κ3) is 5.10. The lowest BCUT2D eigenvalue weighted by atomic mass is 10.1. The zero-order chi connectivity index (χ0) is 17.6. The Morgan fingerprint density at radius 1 is 1.08 bits per heavy atom. The van der Waals surface area contributed by atoms with E-state index in [9.17, 15) is 9.59 Å². The molecule has 0 bridgehead atoms. The maximum absolute atomic E-state index is 12.3. The van der Waals surface area contributed by atoms with E-state index < -0.39 is 0 Å². The van der Waals surface area contributed by atoms with Crippen molar-refractivity contribution in [1.82, 2.24) is 5.32 Å². The van der Waals surface area contributed by atoms with Gasteiger partial charge in [-0.05, 0) is 54.5 Å². The third-order valence-corrected chi connectivity index (χ3v) is 4.74. The van der Waals surface area contributed by atoms with Crippen LogP contribution >= 0.6 is 11.8 Å². The van der Waals surface area contributed by atoms with Crippen LogP contribution in [0.3, 0.4) is 0 Å². The van der Waals surface area contributed by atoms with Crippen molar-refractivity contribution in [2.75, 3.05) is 11.6 Å². The number of carbonyl (C=O) groups is 2. The number of anilines is 1. The van der Waals surface area contributed by atoms with Gasteiger partial charge in [0.2, 0.25) is 5.91 Å². The fourth-order valence-corrected chi connectivity index (χ4v) is 3.08.